The van der Waals surface area contributed by atoms with Crippen molar-refractivity contribution in [3.05, 3.63) is 33.9 Å². The maximum absolute atomic E-state index is 11.9. The molecule has 1 aliphatic rings. The normalized spacial score (nSPS) is 17.2. The van der Waals surface area contributed by atoms with Crippen molar-refractivity contribution in [1.29, 1.82) is 0 Å². The van der Waals surface area contributed by atoms with Crippen molar-refractivity contribution in [2.24, 2.45) is 0 Å². The highest BCUT2D eigenvalue weighted by Crippen LogP contribution is 2.30. The molecule has 2 N–H and O–H groups in total. The number of aryl methyl sites for hydroxylation is 2. The number of rotatable bonds is 5. The Morgan fingerprint density at radius 3 is 2.38 bits per heavy atom. The fourth-order valence-corrected chi connectivity index (χ4v) is 3.76. The number of ketones is 1. The molecular weight excluding hydrogens is 262 g/mol. The highest BCUT2D eigenvalue weighted by Gasteiger charge is 2.32. The van der Waals surface area contributed by atoms with Gasteiger partial charge in [0.2, 0.25) is 0 Å². The molecule has 21 heavy (non-hydrogen) atoms. The number of benzene rings is 1. The third kappa shape index (κ3) is 3.19. The summed E-state index contributed by atoms with van der Waals surface area (Å²) in [5.41, 5.74) is 5.28. The summed E-state index contributed by atoms with van der Waals surface area (Å²) in [6, 6.07) is 2.10. The van der Waals surface area contributed by atoms with Gasteiger partial charge >= 0.3 is 0 Å². The maximum Gasteiger partial charge on any atom is 0.160 e. The number of aliphatic hydroxyl groups excluding tert-OH is 1. The molecule has 1 aromatic carbocycles. The van der Waals surface area contributed by atoms with Gasteiger partial charge in [-0.15, -0.1) is 0 Å². The molecule has 0 amide bonds. The minimum absolute atomic E-state index is 0.125. The molecule has 0 atom stereocenters. The van der Waals surface area contributed by atoms with Gasteiger partial charge in [-0.25, -0.2) is 0 Å². The average molecular weight is 289 g/mol. The van der Waals surface area contributed by atoms with Gasteiger partial charge in [0.15, 0.2) is 5.78 Å². The number of aliphatic hydroxyl groups is 1. The number of nitrogens with one attached hydrogen (secondary N) is 1. The molecule has 1 saturated carbocycles. The molecule has 0 aliphatic heterocycles. The van der Waals surface area contributed by atoms with E-state index in [0.717, 1.165) is 36.1 Å². The third-order valence-corrected chi connectivity index (χ3v) is 4.99. The van der Waals surface area contributed by atoms with E-state index in [2.05, 4.69) is 18.3 Å². The van der Waals surface area contributed by atoms with Gasteiger partial charge in [-0.1, -0.05) is 18.9 Å². The topological polar surface area (TPSA) is 49.3 Å². The van der Waals surface area contributed by atoms with Crippen molar-refractivity contribution in [1.82, 2.24) is 5.32 Å². The van der Waals surface area contributed by atoms with Crippen LogP contribution >= 0.6 is 0 Å². The first-order valence-electron chi connectivity index (χ1n) is 7.87. The fourth-order valence-electron chi connectivity index (χ4n) is 3.76. The van der Waals surface area contributed by atoms with E-state index in [-0.39, 0.29) is 17.9 Å². The Bertz CT molecular complexity index is 543. The first kappa shape index (κ1) is 16.2. The Balaban J connectivity index is 2.28. The van der Waals surface area contributed by atoms with Crippen LogP contribution in [0.3, 0.4) is 0 Å². The summed E-state index contributed by atoms with van der Waals surface area (Å²) in [4.78, 5) is 11.9. The highest BCUT2D eigenvalue weighted by molar-refractivity contribution is 5.97. The van der Waals surface area contributed by atoms with Crippen molar-refractivity contribution in [2.75, 3.05) is 6.61 Å². The van der Waals surface area contributed by atoms with Crippen LogP contribution in [0.15, 0.2) is 6.07 Å². The molecule has 0 radical (unpaired) electrons. The Morgan fingerprint density at radius 2 is 1.86 bits per heavy atom. The number of carbonyl (C=O) groups is 1. The van der Waals surface area contributed by atoms with Crippen LogP contribution in [-0.2, 0) is 6.54 Å². The van der Waals surface area contributed by atoms with Crippen LogP contribution in [0, 0.1) is 20.8 Å². The molecule has 1 aliphatic carbocycles. The van der Waals surface area contributed by atoms with E-state index in [1.165, 1.54) is 24.0 Å². The number of Topliss-reactive ketones (excluding diaryl/α,β-unsaturated/α-hetero) is 1. The fraction of sp³-hybridized carbons (Fsp3) is 0.611. The zero-order chi connectivity index (χ0) is 15.6. The summed E-state index contributed by atoms with van der Waals surface area (Å²) in [7, 11) is 0. The zero-order valence-corrected chi connectivity index (χ0v) is 13.7. The lowest BCUT2D eigenvalue weighted by Gasteiger charge is -2.29. The summed E-state index contributed by atoms with van der Waals surface area (Å²) in [5.74, 6) is 0.129. The monoisotopic (exact) mass is 289 g/mol. The van der Waals surface area contributed by atoms with Gasteiger partial charge in [0.05, 0.1) is 6.61 Å². The van der Waals surface area contributed by atoms with E-state index in [4.69, 9.17) is 0 Å². The van der Waals surface area contributed by atoms with Crippen LogP contribution in [0.5, 0.6) is 0 Å². The summed E-state index contributed by atoms with van der Waals surface area (Å²) in [6.45, 7) is 8.68. The predicted molar refractivity (Wildman–Crippen MR) is 85.8 cm³/mol. The number of carbonyl (C=O) groups excluding carboxylic acids is 1. The summed E-state index contributed by atoms with van der Waals surface area (Å²) in [5, 5.41) is 13.3. The van der Waals surface area contributed by atoms with Crippen LogP contribution in [0.2, 0.25) is 0 Å². The van der Waals surface area contributed by atoms with Crippen molar-refractivity contribution >= 4 is 5.78 Å². The first-order valence-corrected chi connectivity index (χ1v) is 7.87. The first-order chi connectivity index (χ1) is 9.90. The predicted octanol–water partition coefficient (Wildman–Crippen LogP) is 3.21. The minimum atomic E-state index is -0.125. The van der Waals surface area contributed by atoms with Crippen molar-refractivity contribution in [3.8, 4) is 0 Å². The quantitative estimate of drug-likeness (QED) is 0.818. The molecule has 0 unspecified atom stereocenters. The standard InChI is InChI=1S/C18H27NO2/c1-12-9-13(2)17(15(4)21)14(3)16(12)10-19-18(11-20)7-5-6-8-18/h9,19-20H,5-8,10-11H2,1-4H3. The molecule has 3 heteroatoms. The van der Waals surface area contributed by atoms with Crippen LogP contribution in [-0.4, -0.2) is 23.0 Å². The maximum atomic E-state index is 11.9. The zero-order valence-electron chi connectivity index (χ0n) is 13.7. The molecule has 0 aromatic heterocycles. The van der Waals surface area contributed by atoms with E-state index >= 15 is 0 Å². The lowest BCUT2D eigenvalue weighted by Crippen LogP contribution is -2.45. The largest absolute Gasteiger partial charge is 0.394 e. The molecular formula is C18H27NO2. The third-order valence-electron chi connectivity index (χ3n) is 4.99. The molecule has 1 aromatic rings. The van der Waals surface area contributed by atoms with Crippen LogP contribution in [0.1, 0.15) is 65.2 Å². The second-order valence-electron chi connectivity index (χ2n) is 6.54. The van der Waals surface area contributed by atoms with Gasteiger partial charge in [0.1, 0.15) is 0 Å². The van der Waals surface area contributed by atoms with Gasteiger partial charge in [0.25, 0.3) is 0 Å². The molecule has 2 rings (SSSR count). The van der Waals surface area contributed by atoms with E-state index in [0.29, 0.717) is 0 Å². The van der Waals surface area contributed by atoms with Crippen molar-refractivity contribution in [2.45, 2.75) is 65.5 Å². The lowest BCUT2D eigenvalue weighted by atomic mass is 9.90. The van der Waals surface area contributed by atoms with Gasteiger partial charge in [-0.3, -0.25) is 4.79 Å². The second-order valence-corrected chi connectivity index (χ2v) is 6.54. The smallest absolute Gasteiger partial charge is 0.160 e. The summed E-state index contributed by atoms with van der Waals surface area (Å²) in [6.07, 6.45) is 4.43. The van der Waals surface area contributed by atoms with Crippen LogP contribution < -0.4 is 5.32 Å². The Morgan fingerprint density at radius 1 is 1.24 bits per heavy atom. The van der Waals surface area contributed by atoms with Gasteiger partial charge < -0.3 is 10.4 Å². The molecule has 3 nitrogen and oxygen atoms in total. The molecule has 0 saturated heterocycles. The lowest BCUT2D eigenvalue weighted by molar-refractivity contribution is 0.101. The van der Waals surface area contributed by atoms with Gasteiger partial charge in [-0.05, 0) is 62.8 Å². The molecule has 0 spiro atoms. The van der Waals surface area contributed by atoms with E-state index in [9.17, 15) is 9.90 Å². The number of hydrogen-bond donors (Lipinski definition) is 2. The SMILES string of the molecule is CC(=O)c1c(C)cc(C)c(CNC2(CO)CCCC2)c1C. The molecule has 1 fully saturated rings. The Hall–Kier alpha value is -1.19. The molecule has 0 bridgehead atoms. The Kier molecular flexibility index (Phi) is 4.84. The summed E-state index contributed by atoms with van der Waals surface area (Å²) >= 11 is 0. The van der Waals surface area contributed by atoms with Crippen molar-refractivity contribution in [3.63, 3.8) is 0 Å². The highest BCUT2D eigenvalue weighted by atomic mass is 16.3. The van der Waals surface area contributed by atoms with Gasteiger partial charge in [-0.2, -0.15) is 0 Å². The van der Waals surface area contributed by atoms with E-state index < -0.39 is 0 Å². The van der Waals surface area contributed by atoms with E-state index in [1.54, 1.807) is 6.92 Å². The van der Waals surface area contributed by atoms with Crippen molar-refractivity contribution < 1.29 is 9.90 Å². The van der Waals surface area contributed by atoms with Crippen LogP contribution in [0.25, 0.3) is 0 Å². The number of hydrogen-bond acceptors (Lipinski definition) is 3. The average Bonchev–Trinajstić information content (AvgIpc) is 2.87. The van der Waals surface area contributed by atoms with Crippen LogP contribution in [0.4, 0.5) is 0 Å². The minimum Gasteiger partial charge on any atom is -0.394 e. The molecule has 116 valence electrons. The molecule has 0 heterocycles. The van der Waals surface area contributed by atoms with Gasteiger partial charge in [0, 0.05) is 17.6 Å². The summed E-state index contributed by atoms with van der Waals surface area (Å²) < 4.78 is 0. The second kappa shape index (κ2) is 6.29. The Labute approximate surface area is 127 Å². The van der Waals surface area contributed by atoms with E-state index in [1.807, 2.05) is 13.8 Å².